The summed E-state index contributed by atoms with van der Waals surface area (Å²) in [6, 6.07) is 2.06. The number of hydrogen-bond donors (Lipinski definition) is 0. The van der Waals surface area contributed by atoms with Crippen LogP contribution in [0.15, 0.2) is 6.07 Å². The van der Waals surface area contributed by atoms with Gasteiger partial charge in [0.15, 0.2) is 0 Å². The summed E-state index contributed by atoms with van der Waals surface area (Å²) in [7, 11) is 0. The van der Waals surface area contributed by atoms with E-state index in [-0.39, 0.29) is 6.42 Å². The zero-order valence-electron chi connectivity index (χ0n) is 10.7. The fourth-order valence-corrected chi connectivity index (χ4v) is 4.59. The molecular formula is C13H15F3S2. The minimum absolute atomic E-state index is 0.0629. The fraction of sp³-hybridized carbons (Fsp3) is 0.538. The molecule has 0 atom stereocenters. The van der Waals surface area contributed by atoms with Crippen molar-refractivity contribution in [2.24, 2.45) is 5.41 Å². The van der Waals surface area contributed by atoms with E-state index in [0.717, 1.165) is 19.8 Å². The third kappa shape index (κ3) is 2.30. The first-order valence-electron chi connectivity index (χ1n) is 5.67. The summed E-state index contributed by atoms with van der Waals surface area (Å²) in [6.07, 6.45) is -4.10. The van der Waals surface area contributed by atoms with Crippen molar-refractivity contribution in [1.29, 1.82) is 0 Å². The minimum atomic E-state index is -4.16. The molecule has 100 valence electrons. The summed E-state index contributed by atoms with van der Waals surface area (Å²) >= 11 is 3.16. The Morgan fingerprint density at radius 1 is 1.11 bits per heavy atom. The van der Waals surface area contributed by atoms with Crippen molar-refractivity contribution in [3.05, 3.63) is 21.4 Å². The van der Waals surface area contributed by atoms with Gasteiger partial charge in [-0.1, -0.05) is 13.8 Å². The van der Waals surface area contributed by atoms with Crippen LogP contribution >= 0.6 is 22.7 Å². The molecule has 0 bridgehead atoms. The molecule has 0 amide bonds. The van der Waals surface area contributed by atoms with E-state index in [9.17, 15) is 13.2 Å². The van der Waals surface area contributed by atoms with E-state index in [1.807, 2.05) is 13.8 Å². The second kappa shape index (κ2) is 4.23. The van der Waals surface area contributed by atoms with E-state index in [1.54, 1.807) is 11.3 Å². The van der Waals surface area contributed by atoms with E-state index in [2.05, 4.69) is 6.07 Å². The molecule has 0 saturated carbocycles. The lowest BCUT2D eigenvalue weighted by atomic mass is 9.87. The lowest BCUT2D eigenvalue weighted by Gasteiger charge is -2.27. The van der Waals surface area contributed by atoms with Crippen LogP contribution in [0.25, 0.3) is 9.40 Å². The van der Waals surface area contributed by atoms with Crippen LogP contribution < -0.4 is 0 Å². The van der Waals surface area contributed by atoms with Gasteiger partial charge < -0.3 is 0 Å². The second-order valence-electron chi connectivity index (χ2n) is 5.26. The van der Waals surface area contributed by atoms with Crippen LogP contribution in [0.4, 0.5) is 13.2 Å². The van der Waals surface area contributed by atoms with Gasteiger partial charge in [-0.25, -0.2) is 0 Å². The van der Waals surface area contributed by atoms with Gasteiger partial charge in [-0.2, -0.15) is 13.2 Å². The fourth-order valence-electron chi connectivity index (χ4n) is 1.83. The topological polar surface area (TPSA) is 0 Å². The molecule has 0 nitrogen and oxygen atoms in total. The van der Waals surface area contributed by atoms with Crippen molar-refractivity contribution in [2.45, 2.75) is 40.3 Å². The van der Waals surface area contributed by atoms with E-state index >= 15 is 0 Å². The Balaban J connectivity index is 2.38. The lowest BCUT2D eigenvalue weighted by molar-refractivity contribution is -0.210. The van der Waals surface area contributed by atoms with Gasteiger partial charge in [-0.05, 0) is 31.9 Å². The monoisotopic (exact) mass is 292 g/mol. The summed E-state index contributed by atoms with van der Waals surface area (Å²) < 4.78 is 41.0. The summed E-state index contributed by atoms with van der Waals surface area (Å²) in [5.41, 5.74) is -0.648. The Morgan fingerprint density at radius 2 is 1.72 bits per heavy atom. The molecule has 0 unspecified atom stereocenters. The molecular weight excluding hydrogens is 277 g/mol. The zero-order valence-corrected chi connectivity index (χ0v) is 12.4. The predicted octanol–water partition coefficient (Wildman–Crippen LogP) is 5.71. The van der Waals surface area contributed by atoms with Crippen molar-refractivity contribution in [2.75, 3.05) is 0 Å². The van der Waals surface area contributed by atoms with Crippen LogP contribution in [0.3, 0.4) is 0 Å². The normalized spacial score (nSPS) is 13.5. The quantitative estimate of drug-likeness (QED) is 0.665. The van der Waals surface area contributed by atoms with E-state index in [0.29, 0.717) is 0 Å². The first-order chi connectivity index (χ1) is 8.12. The van der Waals surface area contributed by atoms with Gasteiger partial charge in [0.2, 0.25) is 0 Å². The van der Waals surface area contributed by atoms with Gasteiger partial charge in [0.1, 0.15) is 0 Å². The van der Waals surface area contributed by atoms with Crippen molar-refractivity contribution in [3.63, 3.8) is 0 Å². The maximum Gasteiger partial charge on any atom is 0.394 e. The lowest BCUT2D eigenvalue weighted by Crippen LogP contribution is -2.34. The number of hydrogen-bond acceptors (Lipinski definition) is 2. The van der Waals surface area contributed by atoms with Crippen molar-refractivity contribution in [1.82, 2.24) is 0 Å². The smallest absolute Gasteiger partial charge is 0.171 e. The first-order valence-corrected chi connectivity index (χ1v) is 7.30. The van der Waals surface area contributed by atoms with Gasteiger partial charge in [-0.15, -0.1) is 22.7 Å². The third-order valence-electron chi connectivity index (χ3n) is 3.18. The molecule has 2 heterocycles. The summed E-state index contributed by atoms with van der Waals surface area (Å²) in [4.78, 5) is 2.07. The summed E-state index contributed by atoms with van der Waals surface area (Å²) in [6.45, 7) is 6.49. The molecule has 5 heteroatoms. The minimum Gasteiger partial charge on any atom is -0.171 e. The number of fused-ring (bicyclic) bond motifs is 1. The first kappa shape index (κ1) is 13.9. The molecule has 0 aliphatic carbocycles. The summed E-state index contributed by atoms with van der Waals surface area (Å²) in [5.74, 6) is 0. The predicted molar refractivity (Wildman–Crippen MR) is 72.7 cm³/mol. The highest BCUT2D eigenvalue weighted by atomic mass is 32.1. The van der Waals surface area contributed by atoms with Crippen LogP contribution in [0.5, 0.6) is 0 Å². The molecule has 2 aromatic heterocycles. The third-order valence-corrected chi connectivity index (χ3v) is 5.72. The van der Waals surface area contributed by atoms with Crippen molar-refractivity contribution in [3.8, 4) is 0 Å². The molecule has 0 aliphatic rings. The number of rotatable bonds is 2. The van der Waals surface area contributed by atoms with E-state index in [1.165, 1.54) is 30.1 Å². The largest absolute Gasteiger partial charge is 0.394 e. The number of aryl methyl sites for hydroxylation is 2. The maximum absolute atomic E-state index is 12.9. The molecule has 0 spiro atoms. The van der Waals surface area contributed by atoms with Crippen LogP contribution in [0.1, 0.15) is 29.2 Å². The highest BCUT2D eigenvalue weighted by Gasteiger charge is 2.47. The van der Waals surface area contributed by atoms with Gasteiger partial charge in [0.25, 0.3) is 0 Å². The van der Waals surface area contributed by atoms with Crippen LogP contribution in [0, 0.1) is 19.3 Å². The number of thiophene rings is 2. The van der Waals surface area contributed by atoms with Crippen LogP contribution in [-0.2, 0) is 6.42 Å². The molecule has 2 aromatic rings. The zero-order chi connectivity index (χ0) is 13.7. The van der Waals surface area contributed by atoms with Gasteiger partial charge in [0.05, 0.1) is 5.41 Å². The Morgan fingerprint density at radius 3 is 2.22 bits per heavy atom. The van der Waals surface area contributed by atoms with Crippen LogP contribution in [-0.4, -0.2) is 6.18 Å². The Labute approximate surface area is 112 Å². The summed E-state index contributed by atoms with van der Waals surface area (Å²) in [5, 5.41) is 0. The van der Waals surface area contributed by atoms with E-state index in [4.69, 9.17) is 0 Å². The number of halogens is 3. The second-order valence-corrected chi connectivity index (χ2v) is 7.65. The average molecular weight is 292 g/mol. The van der Waals surface area contributed by atoms with Gasteiger partial charge >= 0.3 is 6.18 Å². The molecule has 0 aromatic carbocycles. The maximum atomic E-state index is 12.9. The van der Waals surface area contributed by atoms with Gasteiger partial charge in [0, 0.05) is 19.2 Å². The molecule has 0 aliphatic heterocycles. The van der Waals surface area contributed by atoms with Crippen molar-refractivity contribution >= 4 is 32.1 Å². The highest BCUT2D eigenvalue weighted by molar-refractivity contribution is 7.28. The Bertz CT molecular complexity index is 573. The molecule has 0 fully saturated rings. The molecule has 18 heavy (non-hydrogen) atoms. The highest BCUT2D eigenvalue weighted by Crippen LogP contribution is 2.44. The Kier molecular flexibility index (Phi) is 3.26. The molecule has 0 saturated heterocycles. The average Bonchev–Trinajstić information content (AvgIpc) is 2.65. The molecule has 0 radical (unpaired) electrons. The van der Waals surface area contributed by atoms with Gasteiger partial charge in [-0.3, -0.25) is 0 Å². The molecule has 0 N–H and O–H groups in total. The SMILES string of the molecule is Cc1cc2sc(CC(C)(C)C(F)(F)F)c(C)c2s1. The van der Waals surface area contributed by atoms with Crippen molar-refractivity contribution < 1.29 is 13.2 Å². The Hall–Kier alpha value is -0.550. The number of alkyl halides is 3. The van der Waals surface area contributed by atoms with E-state index < -0.39 is 11.6 Å². The molecule has 2 rings (SSSR count). The van der Waals surface area contributed by atoms with Crippen LogP contribution in [0.2, 0.25) is 0 Å². The standard InChI is InChI=1S/C13H15F3S2/c1-7-5-9-11(17-7)8(2)10(18-9)6-12(3,4)13(14,15)16/h5H,6H2,1-4H3.